The highest BCUT2D eigenvalue weighted by molar-refractivity contribution is 6.08. The average Bonchev–Trinajstić information content (AvgIpc) is 3.06. The molecule has 0 atom stereocenters. The molecule has 0 radical (unpaired) electrons. The maximum atomic E-state index is 5.42. The van der Waals surface area contributed by atoms with Crippen LogP contribution >= 0.6 is 0 Å². The Kier molecular flexibility index (Phi) is 4.33. The van der Waals surface area contributed by atoms with Crippen LogP contribution in [-0.4, -0.2) is 35.4 Å². The third-order valence-electron chi connectivity index (χ3n) is 4.34. The summed E-state index contributed by atoms with van der Waals surface area (Å²) in [6.45, 7) is 2.06. The summed E-state index contributed by atoms with van der Waals surface area (Å²) < 4.78 is 10.7. The Balaban J connectivity index is 1.69. The molecule has 2 N–H and O–H groups in total. The van der Waals surface area contributed by atoms with Crippen molar-refractivity contribution in [2.45, 2.75) is 6.92 Å². The van der Waals surface area contributed by atoms with E-state index in [1.165, 1.54) is 11.9 Å². The van der Waals surface area contributed by atoms with Gasteiger partial charge in [0.2, 0.25) is 0 Å². The number of nitrogens with one attached hydrogen (secondary N) is 2. The van der Waals surface area contributed by atoms with E-state index < -0.39 is 0 Å². The van der Waals surface area contributed by atoms with Gasteiger partial charge >= 0.3 is 0 Å². The minimum Gasteiger partial charge on any atom is -0.493 e. The molecule has 0 aliphatic rings. The highest BCUT2D eigenvalue weighted by atomic mass is 16.5. The smallest absolute Gasteiger partial charge is 0.174 e. The normalized spacial score (nSPS) is 11.4. The number of aryl methyl sites for hydroxylation is 1. The van der Waals surface area contributed by atoms with Gasteiger partial charge in [-0.25, -0.2) is 9.97 Å². The number of para-hydroxylation sites is 1. The van der Waals surface area contributed by atoms with Crippen LogP contribution in [0.5, 0.6) is 11.5 Å². The number of hydrogen-bond acceptors (Lipinski definition) is 6. The van der Waals surface area contributed by atoms with E-state index in [1.807, 2.05) is 24.3 Å². The van der Waals surface area contributed by atoms with E-state index in [4.69, 9.17) is 9.47 Å². The second kappa shape index (κ2) is 6.95. The highest BCUT2D eigenvalue weighted by Gasteiger charge is 2.11. The quantitative estimate of drug-likeness (QED) is 0.416. The van der Waals surface area contributed by atoms with Crippen molar-refractivity contribution in [2.24, 2.45) is 5.10 Å². The molecule has 0 bridgehead atoms. The fraction of sp³-hybridized carbons (Fsp3) is 0.150. The van der Waals surface area contributed by atoms with Gasteiger partial charge in [-0.1, -0.05) is 17.7 Å². The molecule has 0 saturated heterocycles. The molecule has 0 saturated carbocycles. The molecule has 2 aromatic carbocycles. The molecule has 4 rings (SSSR count). The summed E-state index contributed by atoms with van der Waals surface area (Å²) in [5.74, 6) is 1.88. The van der Waals surface area contributed by atoms with Gasteiger partial charge in [-0.05, 0) is 31.2 Å². The Morgan fingerprint density at radius 2 is 2.00 bits per heavy atom. The molecule has 0 aliphatic heterocycles. The Hall–Kier alpha value is -3.61. The minimum atomic E-state index is 0.604. The van der Waals surface area contributed by atoms with E-state index in [-0.39, 0.29) is 0 Å². The van der Waals surface area contributed by atoms with Crippen molar-refractivity contribution in [3.63, 3.8) is 0 Å². The molecule has 0 fully saturated rings. The first-order valence-electron chi connectivity index (χ1n) is 8.44. The largest absolute Gasteiger partial charge is 0.493 e. The molecule has 0 aliphatic carbocycles. The molecule has 0 spiro atoms. The summed E-state index contributed by atoms with van der Waals surface area (Å²) in [6.07, 6.45) is 3.20. The lowest BCUT2D eigenvalue weighted by Crippen LogP contribution is -1.98. The molecule has 136 valence electrons. The monoisotopic (exact) mass is 361 g/mol. The number of aromatic nitrogens is 3. The van der Waals surface area contributed by atoms with Crippen LogP contribution in [0.1, 0.15) is 11.1 Å². The number of fused-ring (bicyclic) bond motifs is 3. The van der Waals surface area contributed by atoms with Crippen molar-refractivity contribution in [1.29, 1.82) is 0 Å². The highest BCUT2D eigenvalue weighted by Crippen LogP contribution is 2.30. The standard InChI is InChI=1S/C20H19N5O2/c1-12-7-8-15-14(9-12)17-18(24-15)20(22-11-21-17)25-23-10-13-5-4-6-16(26-2)19(13)27-3/h4-11,24H,1-3H3,(H,21,22,25). The Morgan fingerprint density at radius 1 is 1.11 bits per heavy atom. The summed E-state index contributed by atoms with van der Waals surface area (Å²) in [6, 6.07) is 11.8. The first-order valence-corrected chi connectivity index (χ1v) is 8.44. The topological polar surface area (TPSA) is 84.4 Å². The van der Waals surface area contributed by atoms with Gasteiger partial charge in [-0.15, -0.1) is 0 Å². The zero-order valence-corrected chi connectivity index (χ0v) is 15.3. The number of aromatic amines is 1. The van der Waals surface area contributed by atoms with E-state index in [2.05, 4.69) is 44.5 Å². The van der Waals surface area contributed by atoms with Crippen LogP contribution in [0.2, 0.25) is 0 Å². The van der Waals surface area contributed by atoms with Gasteiger partial charge in [0.05, 0.1) is 20.4 Å². The first kappa shape index (κ1) is 16.8. The lowest BCUT2D eigenvalue weighted by molar-refractivity contribution is 0.354. The summed E-state index contributed by atoms with van der Waals surface area (Å²) in [5, 5.41) is 5.38. The van der Waals surface area contributed by atoms with Crippen LogP contribution in [0.4, 0.5) is 5.82 Å². The molecular formula is C20H19N5O2. The number of nitrogens with zero attached hydrogens (tertiary/aromatic N) is 3. The molecule has 2 heterocycles. The second-order valence-corrected chi connectivity index (χ2v) is 6.07. The number of hydrogen-bond donors (Lipinski definition) is 2. The third-order valence-corrected chi connectivity index (χ3v) is 4.34. The van der Waals surface area contributed by atoms with Crippen molar-refractivity contribution in [2.75, 3.05) is 19.6 Å². The molecule has 27 heavy (non-hydrogen) atoms. The van der Waals surface area contributed by atoms with Crippen molar-refractivity contribution in [3.8, 4) is 11.5 Å². The number of rotatable bonds is 5. The fourth-order valence-electron chi connectivity index (χ4n) is 3.07. The van der Waals surface area contributed by atoms with Crippen molar-refractivity contribution < 1.29 is 9.47 Å². The molecule has 2 aromatic heterocycles. The SMILES string of the molecule is COc1cccc(C=NNc2ncnc3c2[nH]c2ccc(C)cc23)c1OC. The van der Waals surface area contributed by atoms with Crippen molar-refractivity contribution >= 4 is 34.0 Å². The van der Waals surface area contributed by atoms with Crippen LogP contribution in [0, 0.1) is 6.92 Å². The van der Waals surface area contributed by atoms with Gasteiger partial charge in [-0.2, -0.15) is 5.10 Å². The van der Waals surface area contributed by atoms with Gasteiger partial charge in [0.25, 0.3) is 0 Å². The van der Waals surface area contributed by atoms with Gasteiger partial charge in [-0.3, -0.25) is 5.43 Å². The fourth-order valence-corrected chi connectivity index (χ4v) is 3.07. The van der Waals surface area contributed by atoms with Gasteiger partial charge < -0.3 is 14.5 Å². The molecule has 0 unspecified atom stereocenters. The summed E-state index contributed by atoms with van der Waals surface area (Å²) in [7, 11) is 3.20. The van der Waals surface area contributed by atoms with Crippen molar-refractivity contribution in [3.05, 3.63) is 53.9 Å². The average molecular weight is 361 g/mol. The van der Waals surface area contributed by atoms with E-state index in [9.17, 15) is 0 Å². The number of methoxy groups -OCH3 is 2. The van der Waals surface area contributed by atoms with Crippen LogP contribution < -0.4 is 14.9 Å². The number of hydrazone groups is 1. The number of benzene rings is 2. The lowest BCUT2D eigenvalue weighted by Gasteiger charge is -2.09. The van der Waals surface area contributed by atoms with Crippen LogP contribution in [0.25, 0.3) is 21.9 Å². The maximum absolute atomic E-state index is 5.42. The molecule has 7 nitrogen and oxygen atoms in total. The van der Waals surface area contributed by atoms with Gasteiger partial charge in [0, 0.05) is 16.5 Å². The Bertz CT molecular complexity index is 1150. The summed E-state index contributed by atoms with van der Waals surface area (Å²) >= 11 is 0. The maximum Gasteiger partial charge on any atom is 0.174 e. The number of H-pyrrole nitrogens is 1. The molecule has 7 heteroatoms. The molecule has 0 amide bonds. The first-order chi connectivity index (χ1) is 13.2. The van der Waals surface area contributed by atoms with Gasteiger partial charge in [0.1, 0.15) is 17.4 Å². The zero-order valence-electron chi connectivity index (χ0n) is 15.3. The predicted molar refractivity (Wildman–Crippen MR) is 107 cm³/mol. The lowest BCUT2D eigenvalue weighted by atomic mass is 10.2. The number of ether oxygens (including phenoxy) is 2. The van der Waals surface area contributed by atoms with Crippen molar-refractivity contribution in [1.82, 2.24) is 15.0 Å². The number of anilines is 1. The third kappa shape index (κ3) is 3.03. The van der Waals surface area contributed by atoms with Crippen LogP contribution in [0.15, 0.2) is 47.8 Å². The second-order valence-electron chi connectivity index (χ2n) is 6.07. The van der Waals surface area contributed by atoms with E-state index in [1.54, 1.807) is 20.4 Å². The van der Waals surface area contributed by atoms with Crippen LogP contribution in [-0.2, 0) is 0 Å². The molecule has 4 aromatic rings. The van der Waals surface area contributed by atoms with Crippen LogP contribution in [0.3, 0.4) is 0 Å². The predicted octanol–water partition coefficient (Wildman–Crippen LogP) is 3.88. The zero-order chi connectivity index (χ0) is 18.8. The Labute approximate surface area is 156 Å². The summed E-state index contributed by atoms with van der Waals surface area (Å²) in [5.41, 5.74) is 7.65. The minimum absolute atomic E-state index is 0.604. The van der Waals surface area contributed by atoms with E-state index in [0.717, 1.165) is 27.5 Å². The molecular weight excluding hydrogens is 342 g/mol. The summed E-state index contributed by atoms with van der Waals surface area (Å²) in [4.78, 5) is 12.1. The van der Waals surface area contributed by atoms with E-state index >= 15 is 0 Å². The Morgan fingerprint density at radius 3 is 2.81 bits per heavy atom. The van der Waals surface area contributed by atoms with Gasteiger partial charge in [0.15, 0.2) is 17.3 Å². The van der Waals surface area contributed by atoms with E-state index in [0.29, 0.717) is 17.3 Å².